The zero-order chi connectivity index (χ0) is 12.8. The number of nitrogens with two attached hydrogens (primary N) is 1. The van der Waals surface area contributed by atoms with E-state index in [1.54, 1.807) is 0 Å². The minimum atomic E-state index is 0.458. The predicted molar refractivity (Wildman–Crippen MR) is 82.1 cm³/mol. The van der Waals surface area contributed by atoms with Gasteiger partial charge in [0.15, 0.2) is 0 Å². The molecule has 0 saturated carbocycles. The number of ether oxygens (including phenoxy) is 1. The minimum Gasteiger partial charge on any atom is -0.378 e. The van der Waals surface area contributed by atoms with Gasteiger partial charge in [-0.1, -0.05) is 6.92 Å². The molecule has 2 aliphatic rings. The molecule has 5 heteroatoms. The van der Waals surface area contributed by atoms with Gasteiger partial charge in [0, 0.05) is 34.7 Å². The zero-order valence-corrected chi connectivity index (χ0v) is 12.9. The summed E-state index contributed by atoms with van der Waals surface area (Å²) in [7, 11) is 0. The Hall–Kier alpha value is 0.580. The minimum absolute atomic E-state index is 0.458. The first kappa shape index (κ1) is 15.0. The first-order valence-corrected chi connectivity index (χ1v) is 9.22. The lowest BCUT2D eigenvalue weighted by Crippen LogP contribution is -2.47. The molecule has 0 aromatic heterocycles. The average Bonchev–Trinajstić information content (AvgIpc) is 2.89. The number of hydrogen-bond acceptors (Lipinski definition) is 5. The van der Waals surface area contributed by atoms with E-state index in [2.05, 4.69) is 35.9 Å². The van der Waals surface area contributed by atoms with Gasteiger partial charge in [-0.25, -0.2) is 0 Å². The van der Waals surface area contributed by atoms with Gasteiger partial charge >= 0.3 is 0 Å². The van der Waals surface area contributed by atoms with Gasteiger partial charge in [0.2, 0.25) is 0 Å². The summed E-state index contributed by atoms with van der Waals surface area (Å²) in [4.78, 5) is 0. The highest BCUT2D eigenvalue weighted by Gasteiger charge is 2.29. The van der Waals surface area contributed by atoms with Crippen molar-refractivity contribution in [3.8, 4) is 0 Å². The van der Waals surface area contributed by atoms with Crippen LogP contribution in [0.2, 0.25) is 0 Å². The van der Waals surface area contributed by atoms with E-state index in [1.807, 2.05) is 0 Å². The van der Waals surface area contributed by atoms with Crippen molar-refractivity contribution in [3.63, 3.8) is 0 Å². The van der Waals surface area contributed by atoms with Gasteiger partial charge in [0.1, 0.15) is 0 Å². The molecule has 4 atom stereocenters. The number of rotatable bonds is 6. The van der Waals surface area contributed by atoms with Crippen LogP contribution in [-0.2, 0) is 4.74 Å². The largest absolute Gasteiger partial charge is 0.378 e. The first-order valence-electron chi connectivity index (χ1n) is 7.12. The molecule has 2 aliphatic heterocycles. The van der Waals surface area contributed by atoms with Crippen LogP contribution in [-0.4, -0.2) is 40.8 Å². The number of hydrogen-bond donors (Lipinski definition) is 2. The van der Waals surface area contributed by atoms with Gasteiger partial charge in [0.25, 0.3) is 0 Å². The summed E-state index contributed by atoms with van der Waals surface area (Å²) < 4.78 is 5.67. The van der Waals surface area contributed by atoms with E-state index < -0.39 is 0 Å². The van der Waals surface area contributed by atoms with Crippen LogP contribution in [0.4, 0.5) is 0 Å². The Labute approximate surface area is 119 Å². The van der Waals surface area contributed by atoms with Gasteiger partial charge in [-0.15, -0.1) is 0 Å². The van der Waals surface area contributed by atoms with Crippen LogP contribution in [0, 0.1) is 0 Å². The molecule has 3 nitrogen and oxygen atoms in total. The third-order valence-electron chi connectivity index (χ3n) is 3.91. The fourth-order valence-electron chi connectivity index (χ4n) is 2.87. The van der Waals surface area contributed by atoms with Crippen LogP contribution >= 0.6 is 23.5 Å². The van der Waals surface area contributed by atoms with Crippen LogP contribution in [0.15, 0.2) is 0 Å². The Bertz CT molecular complexity index is 237. The summed E-state index contributed by atoms with van der Waals surface area (Å²) in [5.41, 5.74) is 3.05. The summed E-state index contributed by atoms with van der Waals surface area (Å²) in [6.45, 7) is 3.31. The van der Waals surface area contributed by atoms with Gasteiger partial charge < -0.3 is 4.74 Å². The smallest absolute Gasteiger partial charge is 0.0576 e. The molecule has 0 spiro atoms. The third-order valence-corrected chi connectivity index (χ3v) is 7.16. The summed E-state index contributed by atoms with van der Waals surface area (Å²) in [5, 5.41) is 1.38. The third kappa shape index (κ3) is 4.30. The van der Waals surface area contributed by atoms with Crippen molar-refractivity contribution in [2.45, 2.75) is 61.7 Å². The molecular weight excluding hydrogens is 264 g/mol. The van der Waals surface area contributed by atoms with Crippen LogP contribution < -0.4 is 11.3 Å². The lowest BCUT2D eigenvalue weighted by atomic mass is 10.0. The second kappa shape index (κ2) is 8.00. The molecule has 2 fully saturated rings. The maximum Gasteiger partial charge on any atom is 0.0576 e. The van der Waals surface area contributed by atoms with E-state index in [0.29, 0.717) is 22.6 Å². The SMILES string of the molecule is CC1SCCSC1C(CCCC1CCCO1)NN. The fraction of sp³-hybridized carbons (Fsp3) is 1.00. The number of hydrazine groups is 1. The van der Waals surface area contributed by atoms with Crippen molar-refractivity contribution in [3.05, 3.63) is 0 Å². The van der Waals surface area contributed by atoms with Gasteiger partial charge in [-0.05, 0) is 32.1 Å². The highest BCUT2D eigenvalue weighted by Crippen LogP contribution is 2.34. The van der Waals surface area contributed by atoms with Crippen molar-refractivity contribution in [1.82, 2.24) is 5.43 Å². The van der Waals surface area contributed by atoms with Gasteiger partial charge in [-0.3, -0.25) is 11.3 Å². The van der Waals surface area contributed by atoms with E-state index in [0.717, 1.165) is 6.61 Å². The molecule has 2 rings (SSSR count). The van der Waals surface area contributed by atoms with Crippen LogP contribution in [0.5, 0.6) is 0 Å². The Morgan fingerprint density at radius 1 is 1.39 bits per heavy atom. The Balaban J connectivity index is 1.70. The maximum absolute atomic E-state index is 5.76. The molecule has 18 heavy (non-hydrogen) atoms. The summed E-state index contributed by atoms with van der Waals surface area (Å²) >= 11 is 4.18. The first-order chi connectivity index (χ1) is 8.81. The molecular formula is C13H26N2OS2. The highest BCUT2D eigenvalue weighted by molar-refractivity contribution is 8.07. The summed E-state index contributed by atoms with van der Waals surface area (Å²) in [5.74, 6) is 8.31. The lowest BCUT2D eigenvalue weighted by Gasteiger charge is -2.34. The van der Waals surface area contributed by atoms with Crippen LogP contribution in [0.3, 0.4) is 0 Å². The topological polar surface area (TPSA) is 47.3 Å². The second-order valence-corrected chi connectivity index (χ2v) is 8.02. The molecule has 0 radical (unpaired) electrons. The normalized spacial score (nSPS) is 34.7. The van der Waals surface area contributed by atoms with E-state index in [1.165, 1.54) is 43.6 Å². The molecule has 2 heterocycles. The van der Waals surface area contributed by atoms with Crippen molar-refractivity contribution < 1.29 is 4.74 Å². The monoisotopic (exact) mass is 290 g/mol. The van der Waals surface area contributed by atoms with Crippen LogP contribution in [0.1, 0.15) is 39.0 Å². The molecule has 0 aromatic rings. The number of thioether (sulfide) groups is 2. The molecule has 0 aliphatic carbocycles. The van der Waals surface area contributed by atoms with Crippen molar-refractivity contribution >= 4 is 23.5 Å². The predicted octanol–water partition coefficient (Wildman–Crippen LogP) is 2.40. The zero-order valence-electron chi connectivity index (χ0n) is 11.3. The Kier molecular flexibility index (Phi) is 6.66. The molecule has 106 valence electrons. The molecule has 3 N–H and O–H groups in total. The highest BCUT2D eigenvalue weighted by atomic mass is 32.2. The van der Waals surface area contributed by atoms with Crippen LogP contribution in [0.25, 0.3) is 0 Å². The fourth-order valence-corrected chi connectivity index (χ4v) is 5.85. The Morgan fingerprint density at radius 3 is 2.89 bits per heavy atom. The van der Waals surface area contributed by atoms with Crippen molar-refractivity contribution in [1.29, 1.82) is 0 Å². The molecule has 0 amide bonds. The van der Waals surface area contributed by atoms with E-state index >= 15 is 0 Å². The van der Waals surface area contributed by atoms with E-state index in [-0.39, 0.29) is 0 Å². The molecule has 4 unspecified atom stereocenters. The van der Waals surface area contributed by atoms with E-state index in [9.17, 15) is 0 Å². The quantitative estimate of drug-likeness (QED) is 0.581. The number of nitrogens with one attached hydrogen (secondary N) is 1. The molecule has 2 saturated heterocycles. The Morgan fingerprint density at radius 2 is 2.22 bits per heavy atom. The average molecular weight is 290 g/mol. The summed E-state index contributed by atoms with van der Waals surface area (Å²) in [6, 6.07) is 0.458. The van der Waals surface area contributed by atoms with E-state index in [4.69, 9.17) is 10.6 Å². The van der Waals surface area contributed by atoms with Gasteiger partial charge in [0.05, 0.1) is 6.10 Å². The van der Waals surface area contributed by atoms with Gasteiger partial charge in [-0.2, -0.15) is 23.5 Å². The van der Waals surface area contributed by atoms with Crippen molar-refractivity contribution in [2.24, 2.45) is 5.84 Å². The standard InChI is InChI=1S/C13H26N2OS2/c1-10-13(18-9-8-17-10)12(15-14)6-2-4-11-5-3-7-16-11/h10-13,15H,2-9,14H2,1H3. The van der Waals surface area contributed by atoms with Crippen molar-refractivity contribution in [2.75, 3.05) is 18.1 Å². The summed E-state index contributed by atoms with van der Waals surface area (Å²) in [6.07, 6.45) is 6.64. The maximum atomic E-state index is 5.76. The molecule has 0 bridgehead atoms. The lowest BCUT2D eigenvalue weighted by molar-refractivity contribution is 0.101. The second-order valence-electron chi connectivity index (χ2n) is 5.25. The molecule has 0 aromatic carbocycles.